The number of rotatable bonds is 6. The molecule has 1 amide bonds. The molecule has 0 atom stereocenters. The number of carbonyl (C=O) groups is 2. The first-order valence-corrected chi connectivity index (χ1v) is 4.97. The van der Waals surface area contributed by atoms with Gasteiger partial charge in [0.2, 0.25) is 6.41 Å². The van der Waals surface area contributed by atoms with Gasteiger partial charge in [-0.25, -0.2) is 4.98 Å². The van der Waals surface area contributed by atoms with E-state index in [2.05, 4.69) is 15.5 Å². The van der Waals surface area contributed by atoms with Crippen LogP contribution in [0.5, 0.6) is 0 Å². The van der Waals surface area contributed by atoms with E-state index in [4.69, 9.17) is 16.4 Å². The van der Waals surface area contributed by atoms with Gasteiger partial charge in [-0.2, -0.15) is 0 Å². The molecule has 0 bridgehead atoms. The largest absolute Gasteiger partial charge is 0.389 e. The van der Waals surface area contributed by atoms with E-state index in [1.807, 2.05) is 0 Å². The Labute approximate surface area is 93.9 Å². The van der Waals surface area contributed by atoms with Crippen LogP contribution in [0.15, 0.2) is 10.5 Å². The van der Waals surface area contributed by atoms with Crippen molar-refractivity contribution < 1.29 is 14.4 Å². The van der Waals surface area contributed by atoms with E-state index in [0.29, 0.717) is 17.2 Å². The molecule has 0 aliphatic rings. The lowest BCUT2D eigenvalue weighted by Crippen LogP contribution is -1.94. The molecule has 0 radical (unpaired) electrons. The first kappa shape index (κ1) is 11.6. The normalized spacial score (nSPS) is 10.2. The molecule has 6 nitrogen and oxygen atoms in total. The topological polar surface area (TPSA) is 80.7 Å². The van der Waals surface area contributed by atoms with E-state index in [-0.39, 0.29) is 6.61 Å². The summed E-state index contributed by atoms with van der Waals surface area (Å²) in [6, 6.07) is 0. The smallest absolute Gasteiger partial charge is 0.266 e. The van der Waals surface area contributed by atoms with Gasteiger partial charge in [-0.05, 0) is 11.6 Å². The molecule has 8 heteroatoms. The van der Waals surface area contributed by atoms with Crippen molar-refractivity contribution in [2.45, 2.75) is 6.61 Å². The lowest BCUT2D eigenvalue weighted by atomic mass is 10.5. The minimum absolute atomic E-state index is 0.109. The molecule has 80 valence electrons. The highest BCUT2D eigenvalue weighted by Gasteiger charge is 2.00. The average molecular weight is 248 g/mol. The van der Waals surface area contributed by atoms with E-state index in [9.17, 15) is 9.59 Å². The number of nitrogens with zero attached hydrogens (tertiary/aromatic N) is 2. The van der Waals surface area contributed by atoms with Crippen molar-refractivity contribution in [1.29, 1.82) is 0 Å². The number of anilines is 1. The summed E-state index contributed by atoms with van der Waals surface area (Å²) < 4.78 is 0. The van der Waals surface area contributed by atoms with Gasteiger partial charge < -0.3 is 10.2 Å². The summed E-state index contributed by atoms with van der Waals surface area (Å²) in [6.07, 6.45) is 1.38. The molecular weight excluding hydrogens is 242 g/mol. The SMILES string of the molecule is O=CNc1nc(CON=CC(=O)Cl)cs1. The van der Waals surface area contributed by atoms with Crippen LogP contribution in [0.3, 0.4) is 0 Å². The molecule has 1 aromatic heterocycles. The molecule has 0 aromatic carbocycles. The van der Waals surface area contributed by atoms with Gasteiger partial charge in [-0.15, -0.1) is 11.3 Å². The van der Waals surface area contributed by atoms with Gasteiger partial charge in [-0.3, -0.25) is 9.59 Å². The van der Waals surface area contributed by atoms with Gasteiger partial charge in [-0.1, -0.05) is 5.16 Å². The van der Waals surface area contributed by atoms with Crippen LogP contribution in [0, 0.1) is 0 Å². The maximum atomic E-state index is 10.2. The molecule has 1 heterocycles. The fourth-order valence-corrected chi connectivity index (χ4v) is 1.37. The first-order chi connectivity index (χ1) is 7.22. The molecule has 0 spiro atoms. The van der Waals surface area contributed by atoms with Crippen LogP contribution in [0.1, 0.15) is 5.69 Å². The van der Waals surface area contributed by atoms with Crippen molar-refractivity contribution in [3.05, 3.63) is 11.1 Å². The maximum absolute atomic E-state index is 10.2. The van der Waals surface area contributed by atoms with Crippen molar-refractivity contribution in [3.8, 4) is 0 Å². The van der Waals surface area contributed by atoms with Crippen molar-refractivity contribution in [2.24, 2.45) is 5.16 Å². The Hall–Kier alpha value is -1.47. The fourth-order valence-electron chi connectivity index (χ4n) is 0.672. The number of oxime groups is 1. The van der Waals surface area contributed by atoms with Crippen LogP contribution in [0.2, 0.25) is 0 Å². The molecule has 0 fully saturated rings. The Balaban J connectivity index is 2.37. The first-order valence-electron chi connectivity index (χ1n) is 3.71. The zero-order valence-corrected chi connectivity index (χ0v) is 8.92. The molecule has 1 N–H and O–H groups in total. The maximum Gasteiger partial charge on any atom is 0.266 e. The molecule has 0 unspecified atom stereocenters. The molecule has 0 aliphatic heterocycles. The molecule has 0 aliphatic carbocycles. The zero-order chi connectivity index (χ0) is 11.1. The molecule has 1 rings (SSSR count). The van der Waals surface area contributed by atoms with E-state index in [1.165, 1.54) is 11.3 Å². The van der Waals surface area contributed by atoms with Crippen LogP contribution in [-0.4, -0.2) is 22.9 Å². The summed E-state index contributed by atoms with van der Waals surface area (Å²) >= 11 is 6.23. The highest BCUT2D eigenvalue weighted by atomic mass is 35.5. The number of hydrogen-bond donors (Lipinski definition) is 1. The van der Waals surface area contributed by atoms with Gasteiger partial charge in [0.1, 0.15) is 6.21 Å². The fraction of sp³-hybridized carbons (Fsp3) is 0.143. The second-order valence-electron chi connectivity index (χ2n) is 2.22. The standard InChI is InChI=1S/C7H6ClN3O3S/c8-6(13)1-10-14-2-5-3-15-7(11-5)9-4-12/h1,3-4H,2H2,(H,9,11,12). The third-order valence-electron chi connectivity index (χ3n) is 1.18. The van der Waals surface area contributed by atoms with Gasteiger partial charge in [0.25, 0.3) is 5.24 Å². The second-order valence-corrected chi connectivity index (χ2v) is 3.45. The van der Waals surface area contributed by atoms with Gasteiger partial charge in [0.05, 0.1) is 5.69 Å². The van der Waals surface area contributed by atoms with Gasteiger partial charge in [0.15, 0.2) is 11.7 Å². The van der Waals surface area contributed by atoms with Crippen molar-refractivity contribution in [2.75, 3.05) is 5.32 Å². The number of aromatic nitrogens is 1. The van der Waals surface area contributed by atoms with Crippen LogP contribution in [-0.2, 0) is 21.0 Å². The predicted molar refractivity (Wildman–Crippen MR) is 55.9 cm³/mol. The Morgan fingerprint density at radius 3 is 3.27 bits per heavy atom. The molecule has 1 aromatic rings. The van der Waals surface area contributed by atoms with Gasteiger partial charge >= 0.3 is 0 Å². The van der Waals surface area contributed by atoms with Gasteiger partial charge in [0, 0.05) is 5.38 Å². The van der Waals surface area contributed by atoms with Crippen molar-refractivity contribution in [3.63, 3.8) is 0 Å². The number of hydrogen-bond acceptors (Lipinski definition) is 6. The number of carbonyl (C=O) groups excluding carboxylic acids is 2. The second kappa shape index (κ2) is 6.10. The highest BCUT2D eigenvalue weighted by Crippen LogP contribution is 2.14. The van der Waals surface area contributed by atoms with E-state index >= 15 is 0 Å². The van der Waals surface area contributed by atoms with E-state index in [0.717, 1.165) is 6.21 Å². The Kier molecular flexibility index (Phi) is 4.72. The van der Waals surface area contributed by atoms with E-state index < -0.39 is 5.24 Å². The lowest BCUT2D eigenvalue weighted by Gasteiger charge is -1.93. The third-order valence-corrected chi connectivity index (χ3v) is 2.10. The third kappa shape index (κ3) is 4.52. The monoisotopic (exact) mass is 247 g/mol. The lowest BCUT2D eigenvalue weighted by molar-refractivity contribution is -0.106. The number of thiazole rings is 1. The number of nitrogens with one attached hydrogen (secondary N) is 1. The van der Waals surface area contributed by atoms with Crippen LogP contribution in [0.25, 0.3) is 0 Å². The molecule has 0 saturated carbocycles. The summed E-state index contributed by atoms with van der Waals surface area (Å²) in [4.78, 5) is 29.0. The van der Waals surface area contributed by atoms with Crippen LogP contribution < -0.4 is 5.32 Å². The van der Waals surface area contributed by atoms with E-state index in [1.54, 1.807) is 5.38 Å². The summed E-state index contributed by atoms with van der Waals surface area (Å²) in [6.45, 7) is 0.109. The molecular formula is C7H6ClN3O3S. The molecule has 15 heavy (non-hydrogen) atoms. The average Bonchev–Trinajstić information content (AvgIpc) is 2.61. The van der Waals surface area contributed by atoms with Crippen molar-refractivity contribution in [1.82, 2.24) is 4.98 Å². The van der Waals surface area contributed by atoms with Crippen LogP contribution in [0.4, 0.5) is 5.13 Å². The van der Waals surface area contributed by atoms with Crippen molar-refractivity contribution >= 4 is 45.9 Å². The Morgan fingerprint density at radius 2 is 2.60 bits per heavy atom. The number of halogens is 1. The summed E-state index contributed by atoms with van der Waals surface area (Å²) in [5.41, 5.74) is 0.600. The summed E-state index contributed by atoms with van der Waals surface area (Å²) in [5.74, 6) is 0. The zero-order valence-electron chi connectivity index (χ0n) is 7.34. The van der Waals surface area contributed by atoms with Crippen LogP contribution >= 0.6 is 22.9 Å². The highest BCUT2D eigenvalue weighted by molar-refractivity contribution is 7.13. The summed E-state index contributed by atoms with van der Waals surface area (Å²) in [5, 5.41) is 7.14. The Bertz CT molecular complexity index is 379. The quantitative estimate of drug-likeness (QED) is 0.352. The molecule has 0 saturated heterocycles. The Morgan fingerprint density at radius 1 is 1.80 bits per heavy atom. The minimum Gasteiger partial charge on any atom is -0.389 e. The number of amides is 1. The summed E-state index contributed by atoms with van der Waals surface area (Å²) in [7, 11) is 0. The predicted octanol–water partition coefficient (Wildman–Crippen LogP) is 0.979. The minimum atomic E-state index is -0.711.